The topological polar surface area (TPSA) is 156 Å². The highest BCUT2D eigenvalue weighted by molar-refractivity contribution is 5.88. The van der Waals surface area contributed by atoms with Gasteiger partial charge in [0, 0.05) is 68.2 Å². The third-order valence-electron chi connectivity index (χ3n) is 11.2. The molecule has 0 spiro atoms. The number of piperazine rings is 1. The molecule has 1 atom stereocenters. The number of piperidine rings is 2. The summed E-state index contributed by atoms with van der Waals surface area (Å²) in [4.78, 5) is 63.6. The van der Waals surface area contributed by atoms with Crippen molar-refractivity contribution in [2.75, 3.05) is 59.4 Å². The largest absolute Gasteiger partial charge is 0.507 e. The van der Waals surface area contributed by atoms with Crippen LogP contribution in [-0.4, -0.2) is 129 Å². The van der Waals surface area contributed by atoms with Gasteiger partial charge in [0.2, 0.25) is 5.91 Å². The summed E-state index contributed by atoms with van der Waals surface area (Å²) in [5, 5.41) is 18.2. The molecule has 14 nitrogen and oxygen atoms in total. The number of carbonyl (C=O) groups is 3. The van der Waals surface area contributed by atoms with Crippen LogP contribution in [0.15, 0.2) is 53.5 Å². The van der Waals surface area contributed by atoms with Crippen molar-refractivity contribution in [1.82, 2.24) is 39.7 Å². The average molecular weight is 713 g/mol. The number of rotatable bonds is 8. The number of likely N-dealkylation sites (tertiary alicyclic amines) is 2. The van der Waals surface area contributed by atoms with E-state index >= 15 is 0 Å². The fourth-order valence-corrected chi connectivity index (χ4v) is 8.28. The number of pyridine rings is 1. The van der Waals surface area contributed by atoms with Gasteiger partial charge in [0.1, 0.15) is 6.04 Å². The van der Waals surface area contributed by atoms with Gasteiger partial charge in [0.05, 0.1) is 11.7 Å². The standard InChI is InChI=1S/C38H48N8O6/c1-25-19-26(20-29-23-39-46(34(25)29)24-52-38(50)51)21-33(36(48)44-17-15-43(16-18-44)30-9-11-42(2)12-10-30)41-37(49)45-13-7-27(8-14-45)31-22-28-5-3-4-6-32(28)40-35(31)47/h3-6,19-20,22-23,27,30,33H,7-18,21,24H2,1-2H3,(H,40,47)(H,41,49)(H,50,51). The van der Waals surface area contributed by atoms with E-state index in [4.69, 9.17) is 9.84 Å². The van der Waals surface area contributed by atoms with Gasteiger partial charge in [0.15, 0.2) is 6.73 Å². The van der Waals surface area contributed by atoms with E-state index < -0.39 is 12.2 Å². The van der Waals surface area contributed by atoms with E-state index in [2.05, 4.69) is 32.2 Å². The van der Waals surface area contributed by atoms with Crippen LogP contribution < -0.4 is 10.9 Å². The van der Waals surface area contributed by atoms with Crippen LogP contribution in [0.3, 0.4) is 0 Å². The van der Waals surface area contributed by atoms with Gasteiger partial charge < -0.3 is 34.8 Å². The first-order valence-electron chi connectivity index (χ1n) is 18.3. The molecule has 0 bridgehead atoms. The van der Waals surface area contributed by atoms with E-state index in [1.807, 2.05) is 54.3 Å². The molecule has 276 valence electrons. The maximum absolute atomic E-state index is 14.3. The predicted octanol–water partition coefficient (Wildman–Crippen LogP) is 3.58. The molecule has 5 heterocycles. The van der Waals surface area contributed by atoms with Gasteiger partial charge >= 0.3 is 12.2 Å². The van der Waals surface area contributed by atoms with Gasteiger partial charge in [0.25, 0.3) is 5.56 Å². The number of nitrogens with one attached hydrogen (secondary N) is 2. The molecule has 3 N–H and O–H groups in total. The number of fused-ring (bicyclic) bond motifs is 2. The van der Waals surface area contributed by atoms with Crippen molar-refractivity contribution in [2.45, 2.75) is 63.8 Å². The molecule has 2 aromatic carbocycles. The number of ether oxygens (including phenoxy) is 1. The van der Waals surface area contributed by atoms with E-state index in [1.54, 1.807) is 11.1 Å². The summed E-state index contributed by atoms with van der Waals surface area (Å²) in [7, 11) is 2.16. The first-order chi connectivity index (χ1) is 25.1. The van der Waals surface area contributed by atoms with E-state index in [-0.39, 0.29) is 36.6 Å². The molecule has 1 unspecified atom stereocenters. The first kappa shape index (κ1) is 35.5. The van der Waals surface area contributed by atoms with Crippen molar-refractivity contribution in [3.8, 4) is 0 Å². The van der Waals surface area contributed by atoms with Crippen molar-refractivity contribution >= 4 is 39.9 Å². The molecule has 0 saturated carbocycles. The average Bonchev–Trinajstić information content (AvgIpc) is 3.57. The van der Waals surface area contributed by atoms with Gasteiger partial charge in [-0.2, -0.15) is 5.10 Å². The zero-order chi connectivity index (χ0) is 36.4. The number of H-pyrrole nitrogens is 1. The maximum atomic E-state index is 14.3. The zero-order valence-electron chi connectivity index (χ0n) is 29.9. The molecule has 14 heteroatoms. The molecule has 3 fully saturated rings. The molecule has 0 aliphatic carbocycles. The molecular weight excluding hydrogens is 664 g/mol. The highest BCUT2D eigenvalue weighted by atomic mass is 16.7. The molecule has 7 rings (SSSR count). The number of hydrogen-bond acceptors (Lipinski definition) is 8. The number of urea groups is 1. The fourth-order valence-electron chi connectivity index (χ4n) is 8.28. The molecule has 3 amide bonds. The van der Waals surface area contributed by atoms with Crippen molar-refractivity contribution in [2.24, 2.45) is 0 Å². The molecule has 3 aliphatic rings. The lowest BCUT2D eigenvalue weighted by Crippen LogP contribution is -2.59. The zero-order valence-corrected chi connectivity index (χ0v) is 29.9. The van der Waals surface area contributed by atoms with Gasteiger partial charge in [-0.15, -0.1) is 0 Å². The Bertz CT molecular complexity index is 1990. The Hall–Kier alpha value is -4.95. The normalized spacial score (nSPS) is 18.9. The second-order valence-electron chi connectivity index (χ2n) is 14.5. The molecule has 3 saturated heterocycles. The van der Waals surface area contributed by atoms with Crippen molar-refractivity contribution in [1.29, 1.82) is 0 Å². The van der Waals surface area contributed by atoms with Gasteiger partial charge in [-0.25, -0.2) is 14.3 Å². The van der Waals surface area contributed by atoms with Crippen LogP contribution in [0.25, 0.3) is 21.8 Å². The smallest absolute Gasteiger partial charge is 0.450 e. The summed E-state index contributed by atoms with van der Waals surface area (Å²) in [6.45, 7) is 7.64. The monoisotopic (exact) mass is 712 g/mol. The van der Waals surface area contributed by atoms with Gasteiger partial charge in [-0.05, 0) is 93.4 Å². The molecule has 0 radical (unpaired) electrons. The predicted molar refractivity (Wildman–Crippen MR) is 196 cm³/mol. The van der Waals surface area contributed by atoms with Crippen LogP contribution in [0, 0.1) is 6.92 Å². The van der Waals surface area contributed by atoms with Crippen LogP contribution >= 0.6 is 0 Å². The van der Waals surface area contributed by atoms with E-state index in [0.29, 0.717) is 45.1 Å². The Morgan fingerprint density at radius 3 is 2.40 bits per heavy atom. The lowest BCUT2D eigenvalue weighted by atomic mass is 9.89. The quantitative estimate of drug-likeness (QED) is 0.233. The van der Waals surface area contributed by atoms with Crippen molar-refractivity contribution in [3.63, 3.8) is 0 Å². The highest BCUT2D eigenvalue weighted by Crippen LogP contribution is 2.28. The summed E-state index contributed by atoms with van der Waals surface area (Å²) in [6.07, 6.45) is 4.13. The Kier molecular flexibility index (Phi) is 10.5. The number of hydrogen-bond donors (Lipinski definition) is 3. The number of aromatic amines is 1. The Labute approximate surface area is 302 Å². The minimum Gasteiger partial charge on any atom is -0.450 e. The van der Waals surface area contributed by atoms with Crippen molar-refractivity contribution < 1.29 is 24.2 Å². The van der Waals surface area contributed by atoms with Crippen LogP contribution in [0.2, 0.25) is 0 Å². The SMILES string of the molecule is Cc1cc(CC(NC(=O)N2CCC(c3cc4ccccc4[nH]c3=O)CC2)C(=O)N2CCN(C3CCN(C)CC3)CC2)cc2cnn(COC(=O)O)c12. The first-order valence-corrected chi connectivity index (χ1v) is 18.3. The van der Waals surface area contributed by atoms with E-state index in [9.17, 15) is 19.2 Å². The lowest BCUT2D eigenvalue weighted by molar-refractivity contribution is -0.135. The summed E-state index contributed by atoms with van der Waals surface area (Å²) in [6, 6.07) is 13.1. The Balaban J connectivity index is 1.05. The number of amides is 3. The Morgan fingerprint density at radius 1 is 0.942 bits per heavy atom. The summed E-state index contributed by atoms with van der Waals surface area (Å²) < 4.78 is 6.23. The number of carbonyl (C=O) groups excluding carboxylic acids is 2. The van der Waals surface area contributed by atoms with Crippen molar-refractivity contribution in [3.05, 3.63) is 75.7 Å². The van der Waals surface area contributed by atoms with Gasteiger partial charge in [-0.3, -0.25) is 14.5 Å². The van der Waals surface area contributed by atoms with Gasteiger partial charge in [-0.1, -0.05) is 24.3 Å². The molecule has 4 aromatic rings. The molecule has 3 aliphatic heterocycles. The fraction of sp³-hybridized carbons (Fsp3) is 0.500. The van der Waals surface area contributed by atoms with Crippen LogP contribution in [0.4, 0.5) is 9.59 Å². The number of benzene rings is 2. The van der Waals surface area contributed by atoms with E-state index in [1.165, 1.54) is 4.68 Å². The number of para-hydroxylation sites is 1. The minimum absolute atomic E-state index is 0.0345. The lowest BCUT2D eigenvalue weighted by Gasteiger charge is -2.43. The highest BCUT2D eigenvalue weighted by Gasteiger charge is 2.34. The maximum Gasteiger partial charge on any atom is 0.507 e. The number of nitrogens with zero attached hydrogens (tertiary/aromatic N) is 6. The second-order valence-corrected chi connectivity index (χ2v) is 14.5. The third kappa shape index (κ3) is 7.77. The summed E-state index contributed by atoms with van der Waals surface area (Å²) in [5.74, 6) is -0.0653. The number of aryl methyl sites for hydroxylation is 1. The van der Waals surface area contributed by atoms with Crippen LogP contribution in [-0.2, 0) is 22.7 Å². The third-order valence-corrected chi connectivity index (χ3v) is 11.2. The number of carboxylic acid groups (broad SMARTS) is 1. The molecular formula is C38H48N8O6. The van der Waals surface area contributed by atoms with Crippen LogP contribution in [0.5, 0.6) is 0 Å². The van der Waals surface area contributed by atoms with Crippen LogP contribution in [0.1, 0.15) is 48.3 Å². The molecule has 2 aromatic heterocycles. The Morgan fingerprint density at radius 2 is 1.67 bits per heavy atom. The number of aromatic nitrogens is 3. The summed E-state index contributed by atoms with van der Waals surface area (Å²) in [5.41, 5.74) is 3.93. The summed E-state index contributed by atoms with van der Waals surface area (Å²) >= 11 is 0. The molecule has 52 heavy (non-hydrogen) atoms. The minimum atomic E-state index is -1.38. The second kappa shape index (κ2) is 15.3. The van der Waals surface area contributed by atoms with E-state index in [0.717, 1.165) is 77.5 Å².